The van der Waals surface area contributed by atoms with Gasteiger partial charge in [-0.2, -0.15) is 0 Å². The van der Waals surface area contributed by atoms with Gasteiger partial charge in [-0.3, -0.25) is 4.90 Å². The van der Waals surface area contributed by atoms with Crippen LogP contribution in [0.2, 0.25) is 0 Å². The van der Waals surface area contributed by atoms with Crippen molar-refractivity contribution in [3.63, 3.8) is 0 Å². The number of phenolic OH excluding ortho intramolecular Hbond substituents is 1. The Kier molecular flexibility index (Phi) is 3.32. The van der Waals surface area contributed by atoms with Crippen molar-refractivity contribution < 1.29 is 5.11 Å². The Morgan fingerprint density at radius 3 is 3.00 bits per heavy atom. The Morgan fingerprint density at radius 2 is 2.33 bits per heavy atom. The van der Waals surface area contributed by atoms with Crippen LogP contribution in [0, 0.1) is 5.92 Å². The summed E-state index contributed by atoms with van der Waals surface area (Å²) in [5.74, 6) is 1.15. The van der Waals surface area contributed by atoms with E-state index in [0.29, 0.717) is 5.75 Å². The monoisotopic (exact) mass is 269 g/mol. The second-order valence-corrected chi connectivity index (χ2v) is 5.26. The number of hydrogen-bond donors (Lipinski definition) is 1. The maximum Gasteiger partial charge on any atom is 0.115 e. The van der Waals surface area contributed by atoms with E-state index in [9.17, 15) is 5.11 Å². The maximum absolute atomic E-state index is 9.42. The van der Waals surface area contributed by atoms with Gasteiger partial charge < -0.3 is 5.11 Å². The van der Waals surface area contributed by atoms with Crippen LogP contribution in [0.4, 0.5) is 0 Å². The third-order valence-corrected chi connectivity index (χ3v) is 3.70. The minimum Gasteiger partial charge on any atom is -0.508 e. The number of nitrogens with zero attached hydrogens (tertiary/aromatic N) is 1. The van der Waals surface area contributed by atoms with Gasteiger partial charge in [-0.1, -0.05) is 22.9 Å². The van der Waals surface area contributed by atoms with Gasteiger partial charge in [0, 0.05) is 17.6 Å². The summed E-state index contributed by atoms with van der Waals surface area (Å²) >= 11 is 3.52. The zero-order valence-corrected chi connectivity index (χ0v) is 10.5. The van der Waals surface area contributed by atoms with Gasteiger partial charge in [0.15, 0.2) is 0 Å². The molecule has 82 valence electrons. The first kappa shape index (κ1) is 11.0. The molecular formula is C12H16BrNO. The molecule has 1 aromatic rings. The molecule has 2 nitrogen and oxygen atoms in total. The van der Waals surface area contributed by atoms with Gasteiger partial charge in [0.25, 0.3) is 0 Å². The van der Waals surface area contributed by atoms with Crippen LogP contribution in [0.15, 0.2) is 22.7 Å². The van der Waals surface area contributed by atoms with Gasteiger partial charge in [-0.15, -0.1) is 0 Å². The summed E-state index contributed by atoms with van der Waals surface area (Å²) in [5, 5.41) is 9.42. The Hall–Kier alpha value is -0.540. The number of likely N-dealkylation sites (tertiary alicyclic amines) is 1. The van der Waals surface area contributed by atoms with E-state index < -0.39 is 0 Å². The van der Waals surface area contributed by atoms with Crippen LogP contribution < -0.4 is 0 Å². The first-order chi connectivity index (χ1) is 7.15. The largest absolute Gasteiger partial charge is 0.508 e. The highest BCUT2D eigenvalue weighted by molar-refractivity contribution is 9.10. The molecule has 15 heavy (non-hydrogen) atoms. The van der Waals surface area contributed by atoms with Crippen molar-refractivity contribution in [2.45, 2.75) is 19.9 Å². The summed E-state index contributed by atoms with van der Waals surface area (Å²) in [6.45, 7) is 5.56. The number of halogens is 1. The van der Waals surface area contributed by atoms with E-state index in [4.69, 9.17) is 0 Å². The Labute approximate surface area is 99.0 Å². The fourth-order valence-corrected chi connectivity index (χ4v) is 2.47. The van der Waals surface area contributed by atoms with Crippen molar-refractivity contribution >= 4 is 15.9 Å². The van der Waals surface area contributed by atoms with Crippen molar-refractivity contribution in [1.29, 1.82) is 0 Å². The molecule has 1 saturated heterocycles. The predicted octanol–water partition coefficient (Wildman–Crippen LogP) is 3.00. The van der Waals surface area contributed by atoms with Crippen molar-refractivity contribution in [2.75, 3.05) is 13.1 Å². The normalized spacial score (nSPS) is 22.1. The first-order valence-corrected chi connectivity index (χ1v) is 6.14. The molecule has 0 radical (unpaired) electrons. The fraction of sp³-hybridized carbons (Fsp3) is 0.500. The molecule has 1 aromatic carbocycles. The molecule has 0 bridgehead atoms. The molecule has 0 aliphatic carbocycles. The van der Waals surface area contributed by atoms with Crippen molar-refractivity contribution in [1.82, 2.24) is 4.90 Å². The molecule has 1 unspecified atom stereocenters. The number of benzene rings is 1. The van der Waals surface area contributed by atoms with Crippen LogP contribution >= 0.6 is 15.9 Å². The van der Waals surface area contributed by atoms with Crippen LogP contribution in [0.1, 0.15) is 18.9 Å². The van der Waals surface area contributed by atoms with Crippen LogP contribution in [0.3, 0.4) is 0 Å². The summed E-state index contributed by atoms with van der Waals surface area (Å²) in [5.41, 5.74) is 1.17. The Balaban J connectivity index is 2.07. The molecular weight excluding hydrogens is 254 g/mol. The molecule has 0 amide bonds. The summed E-state index contributed by atoms with van der Waals surface area (Å²) in [6.07, 6.45) is 1.29. The standard InChI is InChI=1S/C12H16BrNO/c1-9-4-5-14(7-9)8-10-6-11(15)2-3-12(10)13/h2-3,6,9,15H,4-5,7-8H2,1H3. The number of hydrogen-bond acceptors (Lipinski definition) is 2. The van der Waals surface area contributed by atoms with Crippen LogP contribution in [-0.2, 0) is 6.54 Å². The number of phenols is 1. The fourth-order valence-electron chi connectivity index (χ4n) is 2.09. The van der Waals surface area contributed by atoms with Crippen molar-refractivity contribution in [3.05, 3.63) is 28.2 Å². The Bertz CT molecular complexity index is 353. The van der Waals surface area contributed by atoms with Gasteiger partial charge in [-0.05, 0) is 42.6 Å². The lowest BCUT2D eigenvalue weighted by Crippen LogP contribution is -2.19. The molecule has 1 fully saturated rings. The number of rotatable bonds is 2. The average Bonchev–Trinajstić information content (AvgIpc) is 2.58. The molecule has 1 aliphatic heterocycles. The summed E-state index contributed by atoms with van der Waals surface area (Å²) < 4.78 is 1.08. The van der Waals surface area contributed by atoms with Crippen molar-refractivity contribution in [2.24, 2.45) is 5.92 Å². The topological polar surface area (TPSA) is 23.5 Å². The SMILES string of the molecule is CC1CCN(Cc2cc(O)ccc2Br)C1. The van der Waals surface area contributed by atoms with Crippen LogP contribution in [-0.4, -0.2) is 23.1 Å². The van der Waals surface area contributed by atoms with Gasteiger partial charge in [0.2, 0.25) is 0 Å². The van der Waals surface area contributed by atoms with Crippen LogP contribution in [0.25, 0.3) is 0 Å². The van der Waals surface area contributed by atoms with Gasteiger partial charge in [0.1, 0.15) is 5.75 Å². The summed E-state index contributed by atoms with van der Waals surface area (Å²) in [6, 6.07) is 5.46. The summed E-state index contributed by atoms with van der Waals surface area (Å²) in [7, 11) is 0. The molecule has 1 aliphatic rings. The highest BCUT2D eigenvalue weighted by Crippen LogP contribution is 2.25. The molecule has 0 aromatic heterocycles. The van der Waals surface area contributed by atoms with Crippen LogP contribution in [0.5, 0.6) is 5.75 Å². The lowest BCUT2D eigenvalue weighted by atomic mass is 10.2. The third kappa shape index (κ3) is 2.73. The van der Waals surface area contributed by atoms with E-state index in [1.54, 1.807) is 6.07 Å². The lowest BCUT2D eigenvalue weighted by molar-refractivity contribution is 0.319. The van der Waals surface area contributed by atoms with Gasteiger partial charge >= 0.3 is 0 Å². The predicted molar refractivity (Wildman–Crippen MR) is 64.9 cm³/mol. The average molecular weight is 270 g/mol. The highest BCUT2D eigenvalue weighted by Gasteiger charge is 2.19. The van der Waals surface area contributed by atoms with E-state index in [-0.39, 0.29) is 0 Å². The van der Waals surface area contributed by atoms with E-state index in [1.807, 2.05) is 12.1 Å². The quantitative estimate of drug-likeness (QED) is 0.893. The molecule has 3 heteroatoms. The van der Waals surface area contributed by atoms with E-state index >= 15 is 0 Å². The molecule has 2 rings (SSSR count). The second-order valence-electron chi connectivity index (χ2n) is 4.40. The maximum atomic E-state index is 9.42. The number of aromatic hydroxyl groups is 1. The van der Waals surface area contributed by atoms with Crippen molar-refractivity contribution in [3.8, 4) is 5.75 Å². The zero-order valence-electron chi connectivity index (χ0n) is 8.91. The zero-order chi connectivity index (χ0) is 10.8. The summed E-state index contributed by atoms with van der Waals surface area (Å²) in [4.78, 5) is 2.43. The second kappa shape index (κ2) is 4.54. The highest BCUT2D eigenvalue weighted by atomic mass is 79.9. The minimum atomic E-state index is 0.348. The van der Waals surface area contributed by atoms with E-state index in [1.165, 1.54) is 25.1 Å². The van der Waals surface area contributed by atoms with E-state index in [2.05, 4.69) is 27.8 Å². The molecule has 0 spiro atoms. The Morgan fingerprint density at radius 1 is 1.53 bits per heavy atom. The molecule has 1 atom stereocenters. The minimum absolute atomic E-state index is 0.348. The lowest BCUT2D eigenvalue weighted by Gasteiger charge is -2.16. The molecule has 0 saturated carbocycles. The van der Waals surface area contributed by atoms with E-state index in [0.717, 1.165) is 16.9 Å². The molecule has 1 N–H and O–H groups in total. The van der Waals surface area contributed by atoms with Gasteiger partial charge in [-0.25, -0.2) is 0 Å². The smallest absolute Gasteiger partial charge is 0.115 e. The first-order valence-electron chi connectivity index (χ1n) is 5.35. The van der Waals surface area contributed by atoms with Gasteiger partial charge in [0.05, 0.1) is 0 Å². The third-order valence-electron chi connectivity index (χ3n) is 2.93. The molecule has 1 heterocycles.